The first-order valence-electron chi connectivity index (χ1n) is 7.32. The lowest BCUT2D eigenvalue weighted by Gasteiger charge is -2.11. The van der Waals surface area contributed by atoms with Crippen LogP contribution in [0.15, 0.2) is 53.6 Å². The van der Waals surface area contributed by atoms with Crippen LogP contribution < -0.4 is 8.92 Å². The number of fused-ring (bicyclic) bond motifs is 1. The van der Waals surface area contributed by atoms with E-state index < -0.39 is 10.1 Å². The molecule has 0 amide bonds. The Morgan fingerprint density at radius 1 is 1.04 bits per heavy atom. The molecule has 0 bridgehead atoms. The van der Waals surface area contributed by atoms with Gasteiger partial charge in [0.15, 0.2) is 5.75 Å². The summed E-state index contributed by atoms with van der Waals surface area (Å²) in [6.45, 7) is 2.13. The summed E-state index contributed by atoms with van der Waals surface area (Å²) in [5, 5.41) is 1.38. The van der Waals surface area contributed by atoms with Crippen LogP contribution in [0.4, 0.5) is 0 Å². The van der Waals surface area contributed by atoms with Gasteiger partial charge in [0.2, 0.25) is 0 Å². The summed E-state index contributed by atoms with van der Waals surface area (Å²) in [5.74, 6) is 0.362. The number of pyridine rings is 1. The van der Waals surface area contributed by atoms with Crippen molar-refractivity contribution < 1.29 is 17.3 Å². The molecule has 3 aromatic rings. The van der Waals surface area contributed by atoms with Crippen molar-refractivity contribution in [3.63, 3.8) is 0 Å². The van der Waals surface area contributed by atoms with E-state index in [1.54, 1.807) is 25.1 Å². The molecule has 0 radical (unpaired) electrons. The number of ether oxygens (including phenoxy) is 1. The Bertz CT molecular complexity index is 1040. The third-order valence-electron chi connectivity index (χ3n) is 3.37. The Morgan fingerprint density at radius 3 is 2.56 bits per heavy atom. The predicted molar refractivity (Wildman–Crippen MR) is 97.2 cm³/mol. The smallest absolute Gasteiger partial charge is 0.339 e. The van der Waals surface area contributed by atoms with Crippen molar-refractivity contribution in [3.05, 3.63) is 58.7 Å². The highest BCUT2D eigenvalue weighted by Crippen LogP contribution is 2.33. The maximum atomic E-state index is 12.6. The fourth-order valence-corrected chi connectivity index (χ4v) is 3.59. The van der Waals surface area contributed by atoms with Gasteiger partial charge in [-0.1, -0.05) is 23.2 Å². The van der Waals surface area contributed by atoms with Gasteiger partial charge in [-0.25, -0.2) is 0 Å². The molecule has 0 N–H and O–H groups in total. The van der Waals surface area contributed by atoms with Crippen molar-refractivity contribution in [2.75, 3.05) is 6.61 Å². The van der Waals surface area contributed by atoms with Gasteiger partial charge in [0, 0.05) is 17.6 Å². The summed E-state index contributed by atoms with van der Waals surface area (Å²) in [7, 11) is -4.10. The Morgan fingerprint density at radius 2 is 1.80 bits per heavy atom. The molecule has 1 heterocycles. The average Bonchev–Trinajstić information content (AvgIpc) is 2.59. The minimum Gasteiger partial charge on any atom is -0.492 e. The molecule has 3 rings (SSSR count). The van der Waals surface area contributed by atoms with E-state index in [0.29, 0.717) is 27.6 Å². The third kappa shape index (κ3) is 3.66. The molecule has 5 nitrogen and oxygen atoms in total. The summed E-state index contributed by atoms with van der Waals surface area (Å²) in [6.07, 6.45) is 1.54. The monoisotopic (exact) mass is 397 g/mol. The SMILES string of the molecule is CCOc1cc(S(=O)(=O)Oc2ccc(Cl)c3cccnc23)ccc1Cl. The molecule has 0 aliphatic rings. The Kier molecular flexibility index (Phi) is 5.03. The number of hydrogen-bond donors (Lipinski definition) is 0. The number of hydrogen-bond acceptors (Lipinski definition) is 5. The second-order valence-electron chi connectivity index (χ2n) is 5.01. The van der Waals surface area contributed by atoms with E-state index in [9.17, 15) is 8.42 Å². The normalized spacial score (nSPS) is 11.5. The fraction of sp³-hybridized carbons (Fsp3) is 0.118. The lowest BCUT2D eigenvalue weighted by atomic mass is 10.2. The molecule has 0 fully saturated rings. The van der Waals surface area contributed by atoms with Gasteiger partial charge in [0.05, 0.1) is 16.7 Å². The van der Waals surface area contributed by atoms with E-state index in [-0.39, 0.29) is 16.4 Å². The van der Waals surface area contributed by atoms with E-state index in [0.717, 1.165) is 0 Å². The lowest BCUT2D eigenvalue weighted by Crippen LogP contribution is -2.10. The number of aromatic nitrogens is 1. The van der Waals surface area contributed by atoms with Crippen molar-refractivity contribution in [2.45, 2.75) is 11.8 Å². The highest BCUT2D eigenvalue weighted by atomic mass is 35.5. The van der Waals surface area contributed by atoms with Gasteiger partial charge >= 0.3 is 10.1 Å². The summed E-state index contributed by atoms with van der Waals surface area (Å²) < 4.78 is 35.8. The molecule has 2 aromatic carbocycles. The van der Waals surface area contributed by atoms with Crippen LogP contribution in [0.25, 0.3) is 10.9 Å². The lowest BCUT2D eigenvalue weighted by molar-refractivity contribution is 0.339. The van der Waals surface area contributed by atoms with Crippen LogP contribution in [0.5, 0.6) is 11.5 Å². The van der Waals surface area contributed by atoms with Crippen LogP contribution in [-0.2, 0) is 10.1 Å². The molecule has 0 aliphatic carbocycles. The van der Waals surface area contributed by atoms with Crippen LogP contribution in [0.1, 0.15) is 6.92 Å². The number of benzene rings is 2. The van der Waals surface area contributed by atoms with E-state index in [4.69, 9.17) is 32.1 Å². The van der Waals surface area contributed by atoms with Gasteiger partial charge in [0.25, 0.3) is 0 Å². The summed E-state index contributed by atoms with van der Waals surface area (Å²) in [4.78, 5) is 4.09. The first-order valence-corrected chi connectivity index (χ1v) is 9.49. The van der Waals surface area contributed by atoms with Gasteiger partial charge in [-0.15, -0.1) is 0 Å². The first kappa shape index (κ1) is 17.8. The van der Waals surface area contributed by atoms with Crippen molar-refractivity contribution in [3.8, 4) is 11.5 Å². The molecule has 0 saturated carbocycles. The molecule has 0 saturated heterocycles. The minimum atomic E-state index is -4.10. The fourth-order valence-electron chi connectivity index (χ4n) is 2.25. The molecular formula is C17H13Cl2NO4S. The molecule has 0 aliphatic heterocycles. The summed E-state index contributed by atoms with van der Waals surface area (Å²) >= 11 is 12.1. The highest BCUT2D eigenvalue weighted by Gasteiger charge is 2.21. The molecule has 0 spiro atoms. The average molecular weight is 398 g/mol. The molecule has 1 aromatic heterocycles. The second-order valence-corrected chi connectivity index (χ2v) is 7.37. The zero-order valence-electron chi connectivity index (χ0n) is 13.1. The quantitative estimate of drug-likeness (QED) is 0.583. The molecular weight excluding hydrogens is 385 g/mol. The van der Waals surface area contributed by atoms with E-state index in [2.05, 4.69) is 4.98 Å². The molecule has 0 unspecified atom stereocenters. The summed E-state index contributed by atoms with van der Waals surface area (Å²) in [6, 6.07) is 10.6. The van der Waals surface area contributed by atoms with E-state index >= 15 is 0 Å². The van der Waals surface area contributed by atoms with Gasteiger partial charge in [-0.3, -0.25) is 4.98 Å². The van der Waals surface area contributed by atoms with Gasteiger partial charge in [-0.05, 0) is 43.3 Å². The van der Waals surface area contributed by atoms with Gasteiger partial charge in [-0.2, -0.15) is 8.42 Å². The molecule has 8 heteroatoms. The second kappa shape index (κ2) is 7.07. The Balaban J connectivity index is 2.03. The largest absolute Gasteiger partial charge is 0.492 e. The highest BCUT2D eigenvalue weighted by molar-refractivity contribution is 7.87. The van der Waals surface area contributed by atoms with Crippen molar-refractivity contribution in [1.29, 1.82) is 0 Å². The first-order chi connectivity index (χ1) is 11.9. The number of halogens is 2. The standard InChI is InChI=1S/C17H13Cl2NO4S/c1-2-23-16-10-11(5-6-14(16)19)25(21,22)24-15-8-7-13(18)12-4-3-9-20-17(12)15/h3-10H,2H2,1H3. The van der Waals surface area contributed by atoms with E-state index in [1.165, 1.54) is 30.5 Å². The van der Waals surface area contributed by atoms with Crippen LogP contribution in [-0.4, -0.2) is 20.0 Å². The number of nitrogens with zero attached hydrogens (tertiary/aromatic N) is 1. The third-order valence-corrected chi connectivity index (χ3v) is 5.24. The Labute approximate surface area is 155 Å². The minimum absolute atomic E-state index is 0.0700. The van der Waals surface area contributed by atoms with Crippen molar-refractivity contribution >= 4 is 44.2 Å². The zero-order valence-corrected chi connectivity index (χ0v) is 15.4. The van der Waals surface area contributed by atoms with Crippen LogP contribution in [0, 0.1) is 0 Å². The Hall–Kier alpha value is -2.02. The topological polar surface area (TPSA) is 65.5 Å². The predicted octanol–water partition coefficient (Wildman–Crippen LogP) is 4.71. The van der Waals surface area contributed by atoms with Gasteiger partial charge < -0.3 is 8.92 Å². The van der Waals surface area contributed by atoms with Crippen LogP contribution in [0.2, 0.25) is 10.0 Å². The molecule has 25 heavy (non-hydrogen) atoms. The van der Waals surface area contributed by atoms with Crippen LogP contribution in [0.3, 0.4) is 0 Å². The molecule has 130 valence electrons. The van der Waals surface area contributed by atoms with Crippen molar-refractivity contribution in [2.24, 2.45) is 0 Å². The van der Waals surface area contributed by atoms with Gasteiger partial charge in [0.1, 0.15) is 16.2 Å². The van der Waals surface area contributed by atoms with Crippen molar-refractivity contribution in [1.82, 2.24) is 4.98 Å². The maximum Gasteiger partial charge on any atom is 0.339 e. The zero-order chi connectivity index (χ0) is 18.0. The number of rotatable bonds is 5. The molecule has 0 atom stereocenters. The van der Waals surface area contributed by atoms with Crippen LogP contribution >= 0.6 is 23.2 Å². The van der Waals surface area contributed by atoms with E-state index in [1.807, 2.05) is 0 Å². The maximum absolute atomic E-state index is 12.6. The summed E-state index contributed by atoms with van der Waals surface area (Å²) in [5.41, 5.74) is 0.359.